The third kappa shape index (κ3) is 4.80. The summed E-state index contributed by atoms with van der Waals surface area (Å²) in [6.07, 6.45) is 2.34. The van der Waals surface area contributed by atoms with E-state index in [4.69, 9.17) is 17.3 Å². The molecule has 1 aliphatic heterocycles. The van der Waals surface area contributed by atoms with Gasteiger partial charge in [-0.25, -0.2) is 4.39 Å². The van der Waals surface area contributed by atoms with Crippen LogP contribution in [0, 0.1) is 5.82 Å². The quantitative estimate of drug-likeness (QED) is 0.845. The first kappa shape index (κ1) is 20.2. The molecule has 1 aliphatic rings. The second-order valence-corrected chi connectivity index (χ2v) is 6.31. The highest BCUT2D eigenvalue weighted by atomic mass is 35.5. The topological polar surface area (TPSA) is 58.4 Å². The van der Waals surface area contributed by atoms with E-state index in [0.29, 0.717) is 6.42 Å². The summed E-state index contributed by atoms with van der Waals surface area (Å²) in [4.78, 5) is 14.3. The number of nitrogens with two attached hydrogens (primary N) is 1. The molecule has 1 heterocycles. The minimum absolute atomic E-state index is 0. The van der Waals surface area contributed by atoms with Crippen LogP contribution in [0.4, 0.5) is 4.39 Å². The Kier molecular flexibility index (Phi) is 7.74. The van der Waals surface area contributed by atoms with Crippen molar-refractivity contribution in [1.29, 1.82) is 0 Å². The van der Waals surface area contributed by atoms with Crippen LogP contribution in [-0.4, -0.2) is 36.5 Å². The van der Waals surface area contributed by atoms with Crippen molar-refractivity contribution in [1.82, 2.24) is 10.2 Å². The number of nitrogens with one attached hydrogen (secondary N) is 1. The number of carbonyl (C=O) groups excluding carboxylic acids is 1. The van der Waals surface area contributed by atoms with E-state index >= 15 is 0 Å². The Balaban J connectivity index is 0.00000264. The van der Waals surface area contributed by atoms with Crippen LogP contribution in [0.2, 0.25) is 5.02 Å². The van der Waals surface area contributed by atoms with Crippen LogP contribution < -0.4 is 11.1 Å². The molecule has 1 aromatic rings. The molecule has 1 amide bonds. The molecule has 1 saturated heterocycles. The second kappa shape index (κ2) is 8.83. The van der Waals surface area contributed by atoms with Crippen LogP contribution in [0.25, 0.3) is 0 Å². The maximum atomic E-state index is 13.7. The Morgan fingerprint density at radius 3 is 2.87 bits per heavy atom. The molecule has 0 bridgehead atoms. The lowest BCUT2D eigenvalue weighted by Crippen LogP contribution is -2.47. The average Bonchev–Trinajstić information content (AvgIpc) is 2.83. The Morgan fingerprint density at radius 1 is 1.57 bits per heavy atom. The Morgan fingerprint density at radius 2 is 2.26 bits per heavy atom. The summed E-state index contributed by atoms with van der Waals surface area (Å²) >= 11 is 5.75. The van der Waals surface area contributed by atoms with Crippen molar-refractivity contribution in [2.45, 2.75) is 44.3 Å². The summed E-state index contributed by atoms with van der Waals surface area (Å²) in [5.74, 6) is -0.575. The van der Waals surface area contributed by atoms with Crippen LogP contribution >= 0.6 is 24.0 Å². The molecule has 0 aliphatic carbocycles. The van der Waals surface area contributed by atoms with Crippen LogP contribution in [0.5, 0.6) is 0 Å². The minimum Gasteiger partial charge on any atom is -0.350 e. The summed E-state index contributed by atoms with van der Waals surface area (Å²) in [5, 5.41) is 3.12. The normalized spacial score (nSPS) is 22.5. The number of amides is 1. The zero-order valence-electron chi connectivity index (χ0n) is 13.4. The van der Waals surface area contributed by atoms with E-state index < -0.39 is 11.9 Å². The maximum Gasteiger partial charge on any atom is 0.237 e. The summed E-state index contributed by atoms with van der Waals surface area (Å²) in [7, 11) is 1.97. The summed E-state index contributed by atoms with van der Waals surface area (Å²) < 4.78 is 13.7. The van der Waals surface area contributed by atoms with Crippen molar-refractivity contribution in [3.8, 4) is 0 Å². The Hall–Kier alpha value is -0.880. The summed E-state index contributed by atoms with van der Waals surface area (Å²) in [6.45, 7) is 2.83. The number of hydrogen-bond acceptors (Lipinski definition) is 3. The third-order valence-corrected chi connectivity index (χ3v) is 4.50. The van der Waals surface area contributed by atoms with E-state index in [9.17, 15) is 9.18 Å². The molecule has 0 spiro atoms. The number of likely N-dealkylation sites (tertiary alicyclic amines) is 1. The van der Waals surface area contributed by atoms with E-state index in [-0.39, 0.29) is 35.4 Å². The molecule has 23 heavy (non-hydrogen) atoms. The lowest BCUT2D eigenvalue weighted by Gasteiger charge is -2.27. The van der Waals surface area contributed by atoms with E-state index in [2.05, 4.69) is 10.2 Å². The zero-order valence-corrected chi connectivity index (χ0v) is 15.0. The minimum atomic E-state index is -0.487. The van der Waals surface area contributed by atoms with Crippen molar-refractivity contribution in [3.05, 3.63) is 34.6 Å². The number of rotatable bonds is 5. The summed E-state index contributed by atoms with van der Waals surface area (Å²) in [5.41, 5.74) is 6.68. The van der Waals surface area contributed by atoms with Gasteiger partial charge in [0.2, 0.25) is 5.91 Å². The van der Waals surface area contributed by atoms with E-state index in [1.807, 2.05) is 20.0 Å². The molecule has 4 nitrogen and oxygen atoms in total. The largest absolute Gasteiger partial charge is 0.350 e. The number of nitrogens with zero attached hydrogens (tertiary/aromatic N) is 1. The first-order valence-corrected chi connectivity index (χ1v) is 8.03. The second-order valence-electron chi connectivity index (χ2n) is 5.90. The van der Waals surface area contributed by atoms with Gasteiger partial charge >= 0.3 is 0 Å². The predicted octanol–water partition coefficient (Wildman–Crippen LogP) is 2.89. The van der Waals surface area contributed by atoms with Crippen LogP contribution in [-0.2, 0) is 4.79 Å². The summed E-state index contributed by atoms with van der Waals surface area (Å²) in [6, 6.07) is 4.19. The molecule has 1 fully saturated rings. The molecule has 3 N–H and O–H groups in total. The van der Waals surface area contributed by atoms with Crippen LogP contribution in [0.3, 0.4) is 0 Å². The van der Waals surface area contributed by atoms with Gasteiger partial charge in [0, 0.05) is 12.6 Å². The molecule has 1 aromatic carbocycles. The fraction of sp³-hybridized carbons (Fsp3) is 0.562. The number of likely N-dealkylation sites (N-methyl/N-ethyl adjacent to an activating group) is 1. The van der Waals surface area contributed by atoms with E-state index in [1.54, 1.807) is 6.07 Å². The van der Waals surface area contributed by atoms with Gasteiger partial charge in [0.05, 0.1) is 17.1 Å². The van der Waals surface area contributed by atoms with Gasteiger partial charge in [-0.1, -0.05) is 31.0 Å². The molecule has 0 saturated carbocycles. The SMILES string of the molecule is CCCC(N)C(=O)NC1CCN(C)C1c1ccc(Cl)c(F)c1.Cl. The smallest absolute Gasteiger partial charge is 0.237 e. The number of halogens is 3. The van der Waals surface area contributed by atoms with Crippen LogP contribution in [0.1, 0.15) is 37.8 Å². The highest BCUT2D eigenvalue weighted by molar-refractivity contribution is 6.30. The molecule has 2 rings (SSSR count). The fourth-order valence-electron chi connectivity index (χ4n) is 3.01. The molecule has 3 unspecified atom stereocenters. The third-order valence-electron chi connectivity index (χ3n) is 4.20. The van der Waals surface area contributed by atoms with Gasteiger partial charge < -0.3 is 11.1 Å². The molecular weight excluding hydrogens is 340 g/mol. The van der Waals surface area contributed by atoms with Gasteiger partial charge in [-0.05, 0) is 37.6 Å². The first-order valence-electron chi connectivity index (χ1n) is 7.65. The number of carbonyl (C=O) groups is 1. The van der Waals surface area contributed by atoms with Gasteiger partial charge in [-0.3, -0.25) is 9.69 Å². The molecule has 0 radical (unpaired) electrons. The van der Waals surface area contributed by atoms with Crippen LogP contribution in [0.15, 0.2) is 18.2 Å². The van der Waals surface area contributed by atoms with Gasteiger partial charge in [-0.15, -0.1) is 12.4 Å². The van der Waals surface area contributed by atoms with E-state index in [1.165, 1.54) is 6.07 Å². The van der Waals surface area contributed by atoms with Crippen molar-refractivity contribution >= 4 is 29.9 Å². The Labute approximate surface area is 148 Å². The number of hydrogen-bond donors (Lipinski definition) is 2. The Bertz CT molecular complexity index is 544. The van der Waals surface area contributed by atoms with Crippen molar-refractivity contribution in [2.75, 3.05) is 13.6 Å². The zero-order chi connectivity index (χ0) is 16.3. The lowest BCUT2D eigenvalue weighted by molar-refractivity contribution is -0.123. The van der Waals surface area contributed by atoms with Crippen molar-refractivity contribution in [3.63, 3.8) is 0 Å². The standard InChI is InChI=1S/C16H23ClFN3O.ClH/c1-3-4-13(19)16(22)20-14-7-8-21(2)15(14)10-5-6-11(17)12(18)9-10;/h5-6,9,13-15H,3-4,7-8,19H2,1-2H3,(H,20,22);1H. The predicted molar refractivity (Wildman–Crippen MR) is 93.5 cm³/mol. The fourth-order valence-corrected chi connectivity index (χ4v) is 3.13. The van der Waals surface area contributed by atoms with Crippen molar-refractivity contribution in [2.24, 2.45) is 5.73 Å². The van der Waals surface area contributed by atoms with Gasteiger partial charge in [0.25, 0.3) is 0 Å². The highest BCUT2D eigenvalue weighted by Crippen LogP contribution is 2.32. The van der Waals surface area contributed by atoms with Gasteiger partial charge in [-0.2, -0.15) is 0 Å². The lowest BCUT2D eigenvalue weighted by atomic mass is 9.99. The molecular formula is C16H24Cl2FN3O. The molecule has 130 valence electrons. The first-order chi connectivity index (χ1) is 10.4. The highest BCUT2D eigenvalue weighted by Gasteiger charge is 2.35. The molecule has 3 atom stereocenters. The monoisotopic (exact) mass is 363 g/mol. The molecule has 7 heteroatoms. The van der Waals surface area contributed by atoms with Crippen molar-refractivity contribution < 1.29 is 9.18 Å². The molecule has 0 aromatic heterocycles. The van der Waals surface area contributed by atoms with E-state index in [0.717, 1.165) is 24.9 Å². The maximum absolute atomic E-state index is 13.7. The average molecular weight is 364 g/mol. The van der Waals surface area contributed by atoms with Gasteiger partial charge in [0.1, 0.15) is 5.82 Å². The number of benzene rings is 1. The van der Waals surface area contributed by atoms with Gasteiger partial charge in [0.15, 0.2) is 0 Å².